The Morgan fingerprint density at radius 2 is 2.00 bits per heavy atom. The Morgan fingerprint density at radius 1 is 1.24 bits per heavy atom. The molecule has 0 saturated carbocycles. The lowest BCUT2D eigenvalue weighted by molar-refractivity contribution is 0.0899. The molecule has 3 rings (SSSR count). The average molecular weight is 433 g/mol. The predicted molar refractivity (Wildman–Crippen MR) is 119 cm³/mol. The summed E-state index contributed by atoms with van der Waals surface area (Å²) in [5, 5.41) is 10.5. The molecule has 0 unspecified atom stereocenters. The molecule has 29 heavy (non-hydrogen) atoms. The van der Waals surface area contributed by atoms with Crippen LogP contribution in [0.1, 0.15) is 0 Å². The predicted octanol–water partition coefficient (Wildman–Crippen LogP) is 5.18. The zero-order valence-corrected chi connectivity index (χ0v) is 18.8. The monoisotopic (exact) mass is 432 g/mol. The number of anilines is 1. The van der Waals surface area contributed by atoms with Crippen LogP contribution in [-0.2, 0) is 11.5 Å². The van der Waals surface area contributed by atoms with Gasteiger partial charge in [-0.3, -0.25) is 4.90 Å². The van der Waals surface area contributed by atoms with E-state index in [1.807, 2.05) is 22.9 Å². The summed E-state index contributed by atoms with van der Waals surface area (Å²) >= 11 is 6.12. The van der Waals surface area contributed by atoms with Gasteiger partial charge in [0.15, 0.2) is 0 Å². The Morgan fingerprint density at radius 3 is 2.69 bits per heavy atom. The minimum atomic E-state index is -1.17. The van der Waals surface area contributed by atoms with Gasteiger partial charge in [-0.2, -0.15) is 0 Å². The summed E-state index contributed by atoms with van der Waals surface area (Å²) in [6.45, 7) is 8.00. The van der Waals surface area contributed by atoms with E-state index in [0.29, 0.717) is 35.6 Å². The second kappa shape index (κ2) is 8.52. The Hall–Kier alpha value is -2.42. The number of halogens is 1. The van der Waals surface area contributed by atoms with Crippen molar-refractivity contribution < 1.29 is 14.6 Å². The van der Waals surface area contributed by atoms with E-state index in [1.165, 1.54) is 7.05 Å². The molecule has 1 amide bonds. The number of amides is 1. The molecule has 1 N–H and O–H groups in total. The Bertz CT molecular complexity index is 1030. The van der Waals surface area contributed by atoms with Crippen molar-refractivity contribution in [1.82, 2.24) is 14.5 Å². The maximum Gasteiger partial charge on any atom is 0.412 e. The standard InChI is InChI=1S/C20H25ClN4O3Si/c1-24(20(26)27)18-7-5-6-16(22-18)15-12-25(13-28-10-11-29(2,3)4)19-14(15)8-9-17(21)23-19/h5-9,12H,10-11,13H2,1-4H3,(H,26,27). The van der Waals surface area contributed by atoms with Gasteiger partial charge in [0.2, 0.25) is 0 Å². The van der Waals surface area contributed by atoms with Crippen LogP contribution in [-0.4, -0.2) is 47.5 Å². The van der Waals surface area contributed by atoms with Crippen LogP contribution in [0.15, 0.2) is 36.5 Å². The first-order chi connectivity index (χ1) is 13.7. The maximum absolute atomic E-state index is 11.3. The largest absolute Gasteiger partial charge is 0.465 e. The molecule has 0 saturated heterocycles. The number of rotatable bonds is 7. The van der Waals surface area contributed by atoms with Crippen molar-refractivity contribution >= 4 is 42.6 Å². The van der Waals surface area contributed by atoms with E-state index < -0.39 is 14.2 Å². The lowest BCUT2D eigenvalue weighted by Crippen LogP contribution is -2.24. The SMILES string of the molecule is CN(C(=O)O)c1cccc(-c2cn(COCC[Si](C)(C)C)c3nc(Cl)ccc23)n1. The van der Waals surface area contributed by atoms with E-state index in [0.717, 1.165) is 21.9 Å². The van der Waals surface area contributed by atoms with Gasteiger partial charge in [0.05, 0.1) is 5.69 Å². The van der Waals surface area contributed by atoms with Gasteiger partial charge >= 0.3 is 6.09 Å². The highest BCUT2D eigenvalue weighted by atomic mass is 35.5. The molecule has 0 radical (unpaired) electrons. The van der Waals surface area contributed by atoms with Gasteiger partial charge < -0.3 is 14.4 Å². The molecule has 3 aromatic rings. The van der Waals surface area contributed by atoms with E-state index in [2.05, 4.69) is 29.6 Å². The number of ether oxygens (including phenoxy) is 1. The number of pyridine rings is 2. The topological polar surface area (TPSA) is 80.5 Å². The van der Waals surface area contributed by atoms with Crippen LogP contribution in [0.25, 0.3) is 22.3 Å². The number of nitrogens with zero attached hydrogens (tertiary/aromatic N) is 4. The fourth-order valence-electron chi connectivity index (χ4n) is 2.84. The Labute approximate surface area is 175 Å². The molecule has 9 heteroatoms. The van der Waals surface area contributed by atoms with Crippen molar-refractivity contribution in [3.05, 3.63) is 41.7 Å². The molecule has 154 valence electrons. The number of fused-ring (bicyclic) bond motifs is 1. The number of carboxylic acid groups (broad SMARTS) is 1. The lowest BCUT2D eigenvalue weighted by Gasteiger charge is -2.15. The first-order valence-corrected chi connectivity index (χ1v) is 13.4. The molecular weight excluding hydrogens is 408 g/mol. The van der Waals surface area contributed by atoms with Crippen LogP contribution in [0, 0.1) is 0 Å². The first kappa shape index (κ1) is 21.3. The Kier molecular flexibility index (Phi) is 6.26. The molecule has 0 bridgehead atoms. The molecule has 0 atom stereocenters. The van der Waals surface area contributed by atoms with Crippen LogP contribution in [0.4, 0.5) is 10.6 Å². The normalized spacial score (nSPS) is 11.8. The van der Waals surface area contributed by atoms with Crippen molar-refractivity contribution in [2.45, 2.75) is 32.4 Å². The van der Waals surface area contributed by atoms with E-state index in [4.69, 9.17) is 16.3 Å². The van der Waals surface area contributed by atoms with Gasteiger partial charge in [-0.25, -0.2) is 14.8 Å². The second-order valence-electron chi connectivity index (χ2n) is 8.09. The molecule has 0 aliphatic carbocycles. The third-order valence-electron chi connectivity index (χ3n) is 4.56. The highest BCUT2D eigenvalue weighted by Gasteiger charge is 2.17. The zero-order chi connectivity index (χ0) is 21.2. The second-order valence-corrected chi connectivity index (χ2v) is 14.1. The number of hydrogen-bond donors (Lipinski definition) is 1. The van der Waals surface area contributed by atoms with Crippen molar-refractivity contribution in [2.75, 3.05) is 18.6 Å². The lowest BCUT2D eigenvalue weighted by atomic mass is 10.1. The number of carbonyl (C=O) groups is 1. The average Bonchev–Trinajstić information content (AvgIpc) is 3.01. The summed E-state index contributed by atoms with van der Waals surface area (Å²) in [5.41, 5.74) is 2.21. The van der Waals surface area contributed by atoms with Gasteiger partial charge in [0.25, 0.3) is 0 Å². The van der Waals surface area contributed by atoms with E-state index in [-0.39, 0.29) is 0 Å². The summed E-state index contributed by atoms with van der Waals surface area (Å²) in [6.07, 6.45) is 0.858. The molecule has 0 aromatic carbocycles. The molecule has 0 fully saturated rings. The smallest absolute Gasteiger partial charge is 0.412 e. The molecule has 3 aromatic heterocycles. The van der Waals surface area contributed by atoms with Crippen molar-refractivity contribution in [3.63, 3.8) is 0 Å². The third kappa shape index (κ3) is 5.14. The van der Waals surface area contributed by atoms with Crippen LogP contribution < -0.4 is 4.90 Å². The third-order valence-corrected chi connectivity index (χ3v) is 6.47. The van der Waals surface area contributed by atoms with Crippen molar-refractivity contribution in [2.24, 2.45) is 0 Å². The van der Waals surface area contributed by atoms with E-state index in [9.17, 15) is 9.90 Å². The van der Waals surface area contributed by atoms with E-state index >= 15 is 0 Å². The quantitative estimate of drug-likeness (QED) is 0.316. The number of aromatic nitrogens is 3. The highest BCUT2D eigenvalue weighted by molar-refractivity contribution is 6.76. The van der Waals surface area contributed by atoms with Gasteiger partial charge in [-0.15, -0.1) is 0 Å². The highest BCUT2D eigenvalue weighted by Crippen LogP contribution is 2.30. The maximum atomic E-state index is 11.3. The van der Waals surface area contributed by atoms with Crippen LogP contribution in [0.5, 0.6) is 0 Å². The summed E-state index contributed by atoms with van der Waals surface area (Å²) in [4.78, 5) is 21.3. The Balaban J connectivity index is 1.95. The minimum Gasteiger partial charge on any atom is -0.465 e. The first-order valence-electron chi connectivity index (χ1n) is 9.33. The fourth-order valence-corrected chi connectivity index (χ4v) is 3.74. The van der Waals surface area contributed by atoms with Crippen LogP contribution in [0.2, 0.25) is 30.8 Å². The molecule has 3 heterocycles. The van der Waals surface area contributed by atoms with Crippen LogP contribution >= 0.6 is 11.6 Å². The van der Waals surface area contributed by atoms with Crippen molar-refractivity contribution in [3.8, 4) is 11.3 Å². The van der Waals surface area contributed by atoms with Crippen LogP contribution in [0.3, 0.4) is 0 Å². The molecule has 0 spiro atoms. The molecule has 0 aliphatic rings. The van der Waals surface area contributed by atoms with E-state index in [1.54, 1.807) is 18.2 Å². The molecular formula is C20H25ClN4O3Si. The van der Waals surface area contributed by atoms with Gasteiger partial charge in [0.1, 0.15) is 23.3 Å². The summed E-state index contributed by atoms with van der Waals surface area (Å²) in [7, 11) is 0.298. The summed E-state index contributed by atoms with van der Waals surface area (Å²) < 4.78 is 7.81. The summed E-state index contributed by atoms with van der Waals surface area (Å²) in [5.74, 6) is 0.351. The molecule has 0 aliphatic heterocycles. The van der Waals surface area contributed by atoms with Gasteiger partial charge in [-0.05, 0) is 30.3 Å². The minimum absolute atomic E-state index is 0.351. The van der Waals surface area contributed by atoms with Gasteiger partial charge in [0, 0.05) is 38.9 Å². The fraction of sp³-hybridized carbons (Fsp3) is 0.350. The zero-order valence-electron chi connectivity index (χ0n) is 17.0. The molecule has 7 nitrogen and oxygen atoms in total. The van der Waals surface area contributed by atoms with Gasteiger partial charge in [-0.1, -0.05) is 37.3 Å². The summed E-state index contributed by atoms with van der Waals surface area (Å²) in [6, 6.07) is 10.0. The van der Waals surface area contributed by atoms with Crippen molar-refractivity contribution in [1.29, 1.82) is 0 Å². The number of hydrogen-bond acceptors (Lipinski definition) is 4.